The Morgan fingerprint density at radius 3 is 1.82 bits per heavy atom. The monoisotopic (exact) mass is 703 g/mol. The Morgan fingerprint density at radius 1 is 0.382 bits per heavy atom. The van der Waals surface area contributed by atoms with Crippen molar-refractivity contribution in [2.24, 2.45) is 0 Å². The first kappa shape index (κ1) is 31.4. The Hall–Kier alpha value is -7.17. The van der Waals surface area contributed by atoms with Gasteiger partial charge in [-0.2, -0.15) is 0 Å². The Bertz CT molecular complexity index is 3140. The maximum atomic E-state index is 6.52. The number of hydrogen-bond acceptors (Lipinski definition) is 4. The van der Waals surface area contributed by atoms with Gasteiger partial charge in [-0.15, -0.1) is 0 Å². The van der Waals surface area contributed by atoms with Crippen molar-refractivity contribution in [1.29, 1.82) is 0 Å². The number of aromatic nitrogens is 3. The molecule has 258 valence electrons. The number of allylic oxidation sites excluding steroid dienone is 1. The molecule has 0 bridgehead atoms. The van der Waals surface area contributed by atoms with Crippen molar-refractivity contribution in [2.45, 2.75) is 12.8 Å². The van der Waals surface area contributed by atoms with Gasteiger partial charge in [0.15, 0.2) is 17.5 Å². The third kappa shape index (κ3) is 5.33. The van der Waals surface area contributed by atoms with E-state index in [1.807, 2.05) is 42.5 Å². The van der Waals surface area contributed by atoms with Gasteiger partial charge in [0.1, 0.15) is 11.2 Å². The smallest absolute Gasteiger partial charge is 0.164 e. The summed E-state index contributed by atoms with van der Waals surface area (Å²) in [6, 6.07) is 57.4. The average molecular weight is 704 g/mol. The molecule has 0 aliphatic heterocycles. The van der Waals surface area contributed by atoms with Crippen LogP contribution in [0.3, 0.4) is 0 Å². The van der Waals surface area contributed by atoms with Gasteiger partial charge in [-0.25, -0.2) is 15.0 Å². The molecule has 2 aromatic heterocycles. The number of nitrogens with zero attached hydrogens (tertiary/aromatic N) is 3. The van der Waals surface area contributed by atoms with E-state index >= 15 is 0 Å². The van der Waals surface area contributed by atoms with Gasteiger partial charge in [0, 0.05) is 27.5 Å². The molecule has 0 saturated carbocycles. The summed E-state index contributed by atoms with van der Waals surface area (Å²) in [4.78, 5) is 15.2. The fraction of sp³-hybridized carbons (Fsp3) is 0.0392. The topological polar surface area (TPSA) is 51.8 Å². The molecule has 55 heavy (non-hydrogen) atoms. The van der Waals surface area contributed by atoms with Gasteiger partial charge in [-0.3, -0.25) is 0 Å². The van der Waals surface area contributed by atoms with Gasteiger partial charge in [0.25, 0.3) is 0 Å². The second-order valence-corrected chi connectivity index (χ2v) is 14.2. The minimum atomic E-state index is 0.593. The number of hydrogen-bond donors (Lipinski definition) is 0. The second-order valence-electron chi connectivity index (χ2n) is 14.2. The van der Waals surface area contributed by atoms with Crippen LogP contribution in [0.2, 0.25) is 0 Å². The molecule has 0 N–H and O–H groups in total. The van der Waals surface area contributed by atoms with Crippen molar-refractivity contribution < 1.29 is 4.42 Å². The molecule has 0 atom stereocenters. The van der Waals surface area contributed by atoms with Crippen molar-refractivity contribution in [3.63, 3.8) is 0 Å². The van der Waals surface area contributed by atoms with Crippen molar-refractivity contribution in [3.8, 4) is 56.4 Å². The van der Waals surface area contributed by atoms with E-state index in [-0.39, 0.29) is 0 Å². The minimum absolute atomic E-state index is 0.593. The Kier molecular flexibility index (Phi) is 7.27. The summed E-state index contributed by atoms with van der Waals surface area (Å²) in [5, 5.41) is 7.42. The van der Waals surface area contributed by atoms with E-state index < -0.39 is 0 Å². The highest BCUT2D eigenvalue weighted by Gasteiger charge is 2.19. The lowest BCUT2D eigenvalue weighted by Gasteiger charge is -2.18. The van der Waals surface area contributed by atoms with E-state index in [1.54, 1.807) is 0 Å². The lowest BCUT2D eigenvalue weighted by Crippen LogP contribution is -2.01. The van der Waals surface area contributed by atoms with Gasteiger partial charge in [-0.05, 0) is 98.1 Å². The number of aryl methyl sites for hydroxylation is 1. The maximum absolute atomic E-state index is 6.52. The summed E-state index contributed by atoms with van der Waals surface area (Å²) in [6.07, 6.45) is 6.77. The molecular weight excluding hydrogens is 671 g/mol. The maximum Gasteiger partial charge on any atom is 0.164 e. The predicted molar refractivity (Wildman–Crippen MR) is 227 cm³/mol. The third-order valence-corrected chi connectivity index (χ3v) is 11.0. The third-order valence-electron chi connectivity index (χ3n) is 11.0. The zero-order chi connectivity index (χ0) is 36.3. The van der Waals surface area contributed by atoms with Crippen molar-refractivity contribution >= 4 is 49.6 Å². The van der Waals surface area contributed by atoms with Gasteiger partial charge in [-0.1, -0.05) is 146 Å². The first-order valence-corrected chi connectivity index (χ1v) is 18.8. The van der Waals surface area contributed by atoms with E-state index in [2.05, 4.69) is 133 Å². The van der Waals surface area contributed by atoms with E-state index in [1.165, 1.54) is 38.2 Å². The molecule has 2 heterocycles. The SMILES string of the molecule is C1=Cc2c(c3ccc(-c4ccc5oc6cc(-c7nc(-c8ccccc8)nc(-c8ccccc8-c8ccccc8)n7)ccc6c5c4)cc3c3ccccc23)CC1. The summed E-state index contributed by atoms with van der Waals surface area (Å²) in [7, 11) is 0. The lowest BCUT2D eigenvalue weighted by molar-refractivity contribution is 0.669. The largest absolute Gasteiger partial charge is 0.456 e. The Morgan fingerprint density at radius 2 is 1.00 bits per heavy atom. The summed E-state index contributed by atoms with van der Waals surface area (Å²) in [6.45, 7) is 0. The molecule has 0 spiro atoms. The highest BCUT2D eigenvalue weighted by atomic mass is 16.3. The molecule has 0 unspecified atom stereocenters. The van der Waals surface area contributed by atoms with Crippen LogP contribution < -0.4 is 0 Å². The van der Waals surface area contributed by atoms with Crippen LogP contribution in [0, 0.1) is 0 Å². The summed E-state index contributed by atoms with van der Waals surface area (Å²) in [5.74, 6) is 1.84. The molecule has 11 rings (SSSR count). The van der Waals surface area contributed by atoms with E-state index in [0.717, 1.165) is 68.2 Å². The van der Waals surface area contributed by atoms with Crippen molar-refractivity contribution in [2.75, 3.05) is 0 Å². The zero-order valence-electron chi connectivity index (χ0n) is 29.9. The number of rotatable bonds is 5. The lowest BCUT2D eigenvalue weighted by atomic mass is 9.86. The van der Waals surface area contributed by atoms with Gasteiger partial charge in [0.2, 0.25) is 0 Å². The van der Waals surface area contributed by atoms with Gasteiger partial charge in [0.05, 0.1) is 0 Å². The van der Waals surface area contributed by atoms with Crippen molar-refractivity contribution in [1.82, 2.24) is 15.0 Å². The Balaban J connectivity index is 1.03. The van der Waals surface area contributed by atoms with Crippen LogP contribution in [-0.2, 0) is 6.42 Å². The van der Waals surface area contributed by atoms with Gasteiger partial charge < -0.3 is 4.42 Å². The van der Waals surface area contributed by atoms with E-state index in [4.69, 9.17) is 19.4 Å². The molecular formula is C51H33N3O. The fourth-order valence-electron chi connectivity index (χ4n) is 8.34. The molecule has 8 aromatic carbocycles. The minimum Gasteiger partial charge on any atom is -0.456 e. The highest BCUT2D eigenvalue weighted by Crippen LogP contribution is 2.40. The number of furan rings is 1. The number of fused-ring (bicyclic) bond motifs is 9. The zero-order valence-corrected chi connectivity index (χ0v) is 29.9. The number of benzene rings is 8. The standard InChI is InChI=1S/C51H33N3O/c1-3-13-32(14-4-1)37-17-7-12-22-44(37)51-53-49(33-15-5-2-6-16-33)52-50(54-51)36-24-27-43-46-30-35(25-28-47(46)55-48(43)31-36)34-23-26-42-40-20-9-8-18-38(40)39-19-10-11-21-41(39)45(42)29-34/h1-8,10-19,21-31H,9,20H2. The first-order chi connectivity index (χ1) is 27.2. The molecule has 0 fully saturated rings. The molecule has 1 aliphatic rings. The predicted octanol–water partition coefficient (Wildman–Crippen LogP) is 13.4. The molecule has 0 radical (unpaired) electrons. The van der Waals surface area contributed by atoms with Gasteiger partial charge >= 0.3 is 0 Å². The summed E-state index contributed by atoms with van der Waals surface area (Å²) in [5.41, 5.74) is 11.7. The van der Waals surface area contributed by atoms with Crippen LogP contribution in [0.1, 0.15) is 17.5 Å². The normalized spacial score (nSPS) is 12.5. The van der Waals surface area contributed by atoms with E-state index in [9.17, 15) is 0 Å². The Labute approximate surface area is 318 Å². The molecule has 10 aromatic rings. The van der Waals surface area contributed by atoms with E-state index in [0.29, 0.717) is 17.5 Å². The molecule has 1 aliphatic carbocycles. The second kappa shape index (κ2) is 12.8. The summed E-state index contributed by atoms with van der Waals surface area (Å²) >= 11 is 0. The molecule has 4 nitrogen and oxygen atoms in total. The van der Waals surface area contributed by atoms with Crippen LogP contribution >= 0.6 is 0 Å². The van der Waals surface area contributed by atoms with Crippen molar-refractivity contribution in [3.05, 3.63) is 181 Å². The highest BCUT2D eigenvalue weighted by molar-refractivity contribution is 6.14. The average Bonchev–Trinajstić information content (AvgIpc) is 3.64. The summed E-state index contributed by atoms with van der Waals surface area (Å²) < 4.78 is 6.52. The molecule has 0 saturated heterocycles. The van der Waals surface area contributed by atoms with Crippen LogP contribution in [0.15, 0.2) is 174 Å². The van der Waals surface area contributed by atoms with Crippen LogP contribution in [-0.4, -0.2) is 15.0 Å². The van der Waals surface area contributed by atoms with Crippen LogP contribution in [0.4, 0.5) is 0 Å². The molecule has 4 heteroatoms. The fourth-order valence-corrected chi connectivity index (χ4v) is 8.34. The first-order valence-electron chi connectivity index (χ1n) is 18.8. The van der Waals surface area contributed by atoms with Crippen LogP contribution in [0.5, 0.6) is 0 Å². The van der Waals surface area contributed by atoms with Crippen LogP contribution in [0.25, 0.3) is 106 Å². The quantitative estimate of drug-likeness (QED) is 0.167. The molecule has 0 amide bonds.